The van der Waals surface area contributed by atoms with E-state index in [1.807, 2.05) is 0 Å². The van der Waals surface area contributed by atoms with Gasteiger partial charge in [0.25, 0.3) is 0 Å². The van der Waals surface area contributed by atoms with Gasteiger partial charge >= 0.3 is 0 Å². The van der Waals surface area contributed by atoms with Crippen LogP contribution in [-0.4, -0.2) is 32.4 Å². The van der Waals surface area contributed by atoms with Crippen molar-refractivity contribution in [3.05, 3.63) is 29.3 Å². The Bertz CT molecular complexity index is 386. The normalized spacial score (nSPS) is 10.5. The predicted molar refractivity (Wildman–Crippen MR) is 79.0 cm³/mol. The summed E-state index contributed by atoms with van der Waals surface area (Å²) >= 11 is 0. The molecule has 0 spiro atoms. The molecule has 0 aromatic heterocycles. The first-order valence-corrected chi connectivity index (χ1v) is 7.19. The highest BCUT2D eigenvalue weighted by Crippen LogP contribution is 2.09. The molecule has 21 heavy (non-hydrogen) atoms. The maximum absolute atomic E-state index is 12.3. The molecule has 0 unspecified atom stereocenters. The fraction of sp³-hybridized carbons (Fsp3) is 0.600. The van der Waals surface area contributed by atoms with E-state index in [1.54, 1.807) is 0 Å². The third-order valence-corrected chi connectivity index (χ3v) is 2.77. The second kappa shape index (κ2) is 10.7. The first-order valence-electron chi connectivity index (χ1n) is 7.19. The van der Waals surface area contributed by atoms with Crippen molar-refractivity contribution in [2.45, 2.75) is 40.0 Å². The number of halogens is 4. The van der Waals surface area contributed by atoms with Gasteiger partial charge in [-0.15, -0.1) is 0 Å². The average molecular weight is 303 g/mol. The van der Waals surface area contributed by atoms with E-state index in [1.165, 1.54) is 38.9 Å². The van der Waals surface area contributed by atoms with Crippen molar-refractivity contribution in [2.24, 2.45) is 0 Å². The van der Waals surface area contributed by atoms with E-state index in [2.05, 4.69) is 25.7 Å². The van der Waals surface area contributed by atoms with Crippen LogP contribution in [0, 0.1) is 23.3 Å². The number of rotatable bonds is 6. The summed E-state index contributed by atoms with van der Waals surface area (Å²) in [6, 6.07) is 0.188. The van der Waals surface area contributed by atoms with E-state index in [0.29, 0.717) is 0 Å². The monoisotopic (exact) mass is 303 g/mol. The van der Waals surface area contributed by atoms with Crippen molar-refractivity contribution < 1.29 is 17.6 Å². The Hall–Kier alpha value is -1.04. The zero-order valence-corrected chi connectivity index (χ0v) is 12.9. The highest BCUT2D eigenvalue weighted by molar-refractivity contribution is 6.32. The highest BCUT2D eigenvalue weighted by atomic mass is 19.2. The average Bonchev–Trinajstić information content (AvgIpc) is 2.45. The van der Waals surface area contributed by atoms with Crippen LogP contribution in [0.15, 0.2) is 6.07 Å². The molecular formula is C15H22BF4N. The number of hydrogen-bond acceptors (Lipinski definition) is 1. The molecule has 0 aliphatic heterocycles. The molecule has 0 saturated carbocycles. The zero-order valence-electron chi connectivity index (χ0n) is 12.9. The molecule has 118 valence electrons. The molecule has 0 heterocycles. The minimum absolute atomic E-state index is 0.188. The minimum atomic E-state index is -1.76. The maximum Gasteiger partial charge on any atom is 0.193 e. The number of hydrogen-bond donors (Lipinski definition) is 0. The molecule has 0 amide bonds. The van der Waals surface area contributed by atoms with Crippen molar-refractivity contribution in [1.29, 1.82) is 0 Å². The van der Waals surface area contributed by atoms with Gasteiger partial charge in [0.1, 0.15) is 13.7 Å². The van der Waals surface area contributed by atoms with E-state index in [9.17, 15) is 17.6 Å². The third kappa shape index (κ3) is 6.98. The Morgan fingerprint density at radius 3 is 1.62 bits per heavy atom. The summed E-state index contributed by atoms with van der Waals surface area (Å²) < 4.78 is 48.8. The van der Waals surface area contributed by atoms with E-state index in [-0.39, 0.29) is 6.07 Å². The van der Waals surface area contributed by atoms with Crippen LogP contribution in [0.4, 0.5) is 17.6 Å². The molecule has 1 nitrogen and oxygen atoms in total. The van der Waals surface area contributed by atoms with Crippen LogP contribution in [0.1, 0.15) is 40.0 Å². The van der Waals surface area contributed by atoms with Crippen LogP contribution in [-0.2, 0) is 0 Å². The summed E-state index contributed by atoms with van der Waals surface area (Å²) in [7, 11) is 4.69. The van der Waals surface area contributed by atoms with Gasteiger partial charge in [0.2, 0.25) is 0 Å². The second-order valence-electron chi connectivity index (χ2n) is 4.72. The van der Waals surface area contributed by atoms with Gasteiger partial charge in [0, 0.05) is 6.07 Å². The van der Waals surface area contributed by atoms with Gasteiger partial charge in [0.05, 0.1) is 0 Å². The standard InChI is InChI=1S/C9H21N.C6HBF4/c1-4-7-10(8-5-2)9-6-3;7-4-2(8)1-3(9)5(10)6(4)11/h4-9H2,1-3H3;1H. The molecule has 1 rings (SSSR count). The summed E-state index contributed by atoms with van der Waals surface area (Å²) in [4.78, 5) is 2.54. The van der Waals surface area contributed by atoms with Gasteiger partial charge < -0.3 is 4.90 Å². The van der Waals surface area contributed by atoms with E-state index in [4.69, 9.17) is 7.85 Å². The lowest BCUT2D eigenvalue weighted by Gasteiger charge is -2.19. The van der Waals surface area contributed by atoms with Gasteiger partial charge in [0.15, 0.2) is 17.5 Å². The van der Waals surface area contributed by atoms with Crippen LogP contribution < -0.4 is 5.46 Å². The van der Waals surface area contributed by atoms with E-state index in [0.717, 1.165) is 0 Å². The topological polar surface area (TPSA) is 3.24 Å². The molecule has 1 aromatic carbocycles. The highest BCUT2D eigenvalue weighted by Gasteiger charge is 2.14. The fourth-order valence-electron chi connectivity index (χ4n) is 1.86. The zero-order chi connectivity index (χ0) is 16.4. The number of benzene rings is 1. The molecule has 2 radical (unpaired) electrons. The molecule has 0 aliphatic rings. The Kier molecular flexibility index (Phi) is 10.1. The Labute approximate surface area is 125 Å². The molecule has 1 aromatic rings. The summed E-state index contributed by atoms with van der Waals surface area (Å²) in [5, 5.41) is 0. The fourth-order valence-corrected chi connectivity index (χ4v) is 1.86. The minimum Gasteiger partial charge on any atom is -0.303 e. The molecule has 0 fully saturated rings. The first kappa shape index (κ1) is 20.0. The Morgan fingerprint density at radius 2 is 1.24 bits per heavy atom. The van der Waals surface area contributed by atoms with Crippen LogP contribution in [0.5, 0.6) is 0 Å². The van der Waals surface area contributed by atoms with Crippen LogP contribution in [0.2, 0.25) is 0 Å². The van der Waals surface area contributed by atoms with Crippen LogP contribution in [0.25, 0.3) is 0 Å². The lowest BCUT2D eigenvalue weighted by molar-refractivity contribution is 0.275. The van der Waals surface area contributed by atoms with Gasteiger partial charge in [-0.2, -0.15) is 0 Å². The molecule has 0 bridgehead atoms. The van der Waals surface area contributed by atoms with E-state index >= 15 is 0 Å². The second-order valence-corrected chi connectivity index (χ2v) is 4.72. The first-order chi connectivity index (χ1) is 9.88. The number of nitrogens with zero attached hydrogens (tertiary/aromatic N) is 1. The van der Waals surface area contributed by atoms with Crippen LogP contribution in [0.3, 0.4) is 0 Å². The summed E-state index contributed by atoms with van der Waals surface area (Å²) in [5.74, 6) is -6.35. The summed E-state index contributed by atoms with van der Waals surface area (Å²) in [5.41, 5.74) is -1.01. The van der Waals surface area contributed by atoms with Crippen molar-refractivity contribution in [3.8, 4) is 0 Å². The molecule has 0 aliphatic carbocycles. The smallest absolute Gasteiger partial charge is 0.193 e. The van der Waals surface area contributed by atoms with Crippen molar-refractivity contribution in [3.63, 3.8) is 0 Å². The van der Waals surface area contributed by atoms with Crippen molar-refractivity contribution in [2.75, 3.05) is 19.6 Å². The van der Waals surface area contributed by atoms with Crippen molar-refractivity contribution >= 4 is 13.3 Å². The molecule has 0 atom stereocenters. The lowest BCUT2D eigenvalue weighted by atomic mass is 9.94. The molecule has 6 heteroatoms. The van der Waals surface area contributed by atoms with Gasteiger partial charge in [-0.25, -0.2) is 17.6 Å². The Balaban J connectivity index is 0.000000384. The van der Waals surface area contributed by atoms with Crippen molar-refractivity contribution in [1.82, 2.24) is 4.90 Å². The van der Waals surface area contributed by atoms with Crippen LogP contribution >= 0.6 is 0 Å². The predicted octanol–water partition coefficient (Wildman–Crippen LogP) is 3.56. The molecule has 0 saturated heterocycles. The quantitative estimate of drug-likeness (QED) is 0.336. The third-order valence-electron chi connectivity index (χ3n) is 2.77. The lowest BCUT2D eigenvalue weighted by Crippen LogP contribution is -2.25. The van der Waals surface area contributed by atoms with Gasteiger partial charge in [-0.3, -0.25) is 0 Å². The molecular weight excluding hydrogens is 281 g/mol. The summed E-state index contributed by atoms with van der Waals surface area (Å²) in [6.07, 6.45) is 3.88. The van der Waals surface area contributed by atoms with Gasteiger partial charge in [-0.1, -0.05) is 20.8 Å². The Morgan fingerprint density at radius 1 is 0.810 bits per heavy atom. The maximum atomic E-state index is 12.3. The van der Waals surface area contributed by atoms with E-state index < -0.39 is 28.7 Å². The largest absolute Gasteiger partial charge is 0.303 e. The summed E-state index contributed by atoms with van der Waals surface area (Å²) in [6.45, 7) is 10.6. The SMILES string of the molecule is CCCN(CCC)CCC.[B]c1c(F)cc(F)c(F)c1F. The van der Waals surface area contributed by atoms with Gasteiger partial charge in [-0.05, 0) is 44.4 Å². The molecule has 0 N–H and O–H groups in total.